The molecule has 0 bridgehead atoms. The molecule has 1 fully saturated rings. The van der Waals surface area contributed by atoms with Gasteiger partial charge < -0.3 is 20.1 Å². The largest absolute Gasteiger partial charge is 0.497 e. The van der Waals surface area contributed by atoms with Crippen molar-refractivity contribution in [3.63, 3.8) is 0 Å². The smallest absolute Gasteiger partial charge is 0.220 e. The van der Waals surface area contributed by atoms with Crippen LogP contribution >= 0.6 is 0 Å². The normalized spacial score (nSPS) is 16.4. The third kappa shape index (κ3) is 6.40. The maximum absolute atomic E-state index is 12.0. The molecule has 5 nitrogen and oxygen atoms in total. The lowest BCUT2D eigenvalue weighted by atomic mass is 9.84. The first-order chi connectivity index (χ1) is 11.7. The van der Waals surface area contributed by atoms with Gasteiger partial charge in [0.05, 0.1) is 13.7 Å². The number of benzene rings is 1. The minimum atomic E-state index is 0.155. The molecular weight excluding hydrogens is 304 g/mol. The van der Waals surface area contributed by atoms with Crippen LogP contribution in [0.25, 0.3) is 0 Å². The number of hydrogen-bond donors (Lipinski definition) is 2. The summed E-state index contributed by atoms with van der Waals surface area (Å²) in [6, 6.07) is 7.55. The van der Waals surface area contributed by atoms with Crippen molar-refractivity contribution in [3.05, 3.63) is 24.3 Å². The van der Waals surface area contributed by atoms with Gasteiger partial charge in [0, 0.05) is 19.0 Å². The molecule has 2 rings (SSSR count). The second-order valence-corrected chi connectivity index (χ2v) is 6.50. The summed E-state index contributed by atoms with van der Waals surface area (Å²) in [5.74, 6) is 2.86. The van der Waals surface area contributed by atoms with Crippen LogP contribution < -0.4 is 20.1 Å². The summed E-state index contributed by atoms with van der Waals surface area (Å²) < 4.78 is 10.8. The lowest BCUT2D eigenvalue weighted by molar-refractivity contribution is -0.122. The van der Waals surface area contributed by atoms with E-state index >= 15 is 0 Å². The zero-order valence-corrected chi connectivity index (χ0v) is 14.8. The first kappa shape index (κ1) is 18.6. The molecule has 5 heteroatoms. The molecule has 1 amide bonds. The Morgan fingerprint density at radius 1 is 1.33 bits per heavy atom. The second-order valence-electron chi connectivity index (χ2n) is 6.50. The van der Waals surface area contributed by atoms with Crippen molar-refractivity contribution in [3.8, 4) is 11.5 Å². The third-order valence-electron chi connectivity index (χ3n) is 4.65. The summed E-state index contributed by atoms with van der Waals surface area (Å²) in [5.41, 5.74) is 0. The van der Waals surface area contributed by atoms with E-state index in [1.54, 1.807) is 7.11 Å². The van der Waals surface area contributed by atoms with Gasteiger partial charge in [-0.05, 0) is 56.3 Å². The number of methoxy groups -OCH3 is 1. The number of nitrogens with one attached hydrogen (secondary N) is 2. The van der Waals surface area contributed by atoms with Gasteiger partial charge >= 0.3 is 0 Å². The summed E-state index contributed by atoms with van der Waals surface area (Å²) in [4.78, 5) is 12.0. The quantitative estimate of drug-likeness (QED) is 0.682. The number of hydrogen-bond acceptors (Lipinski definition) is 4. The van der Waals surface area contributed by atoms with Gasteiger partial charge in [-0.3, -0.25) is 4.79 Å². The fourth-order valence-corrected chi connectivity index (χ4v) is 3.13. The van der Waals surface area contributed by atoms with Crippen molar-refractivity contribution in [2.75, 3.05) is 33.4 Å². The predicted octanol–water partition coefficient (Wildman–Crippen LogP) is 2.61. The van der Waals surface area contributed by atoms with Crippen molar-refractivity contribution in [2.24, 2.45) is 11.8 Å². The van der Waals surface area contributed by atoms with Crippen LogP contribution in [0.1, 0.15) is 32.6 Å². The summed E-state index contributed by atoms with van der Waals surface area (Å²) in [5, 5.41) is 6.37. The van der Waals surface area contributed by atoms with Gasteiger partial charge in [-0.2, -0.15) is 0 Å². The number of carbonyl (C=O) groups is 1. The molecule has 0 radical (unpaired) electrons. The topological polar surface area (TPSA) is 59.6 Å². The van der Waals surface area contributed by atoms with Crippen LogP contribution in [0.5, 0.6) is 11.5 Å². The molecular formula is C19H30N2O3. The summed E-state index contributed by atoms with van der Waals surface area (Å²) in [7, 11) is 1.64. The predicted molar refractivity (Wildman–Crippen MR) is 95.5 cm³/mol. The fourth-order valence-electron chi connectivity index (χ4n) is 3.13. The SMILES string of the molecule is COc1cccc(OCCCNC(=O)CC(C)C2CCNCC2)c1. The van der Waals surface area contributed by atoms with E-state index in [-0.39, 0.29) is 5.91 Å². The molecule has 1 heterocycles. The Morgan fingerprint density at radius 3 is 2.83 bits per heavy atom. The molecule has 1 unspecified atom stereocenters. The highest BCUT2D eigenvalue weighted by atomic mass is 16.5. The zero-order valence-electron chi connectivity index (χ0n) is 14.8. The lowest BCUT2D eigenvalue weighted by Crippen LogP contribution is -2.33. The Hall–Kier alpha value is -1.75. The van der Waals surface area contributed by atoms with Crippen molar-refractivity contribution in [1.82, 2.24) is 10.6 Å². The van der Waals surface area contributed by atoms with Gasteiger partial charge in [0.15, 0.2) is 0 Å². The van der Waals surface area contributed by atoms with Crippen molar-refractivity contribution >= 4 is 5.91 Å². The van der Waals surface area contributed by atoms with Crippen LogP contribution in [0.15, 0.2) is 24.3 Å². The van der Waals surface area contributed by atoms with E-state index in [9.17, 15) is 4.79 Å². The molecule has 0 aromatic heterocycles. The Kier molecular flexibility index (Phi) is 7.89. The highest BCUT2D eigenvalue weighted by Gasteiger charge is 2.21. The van der Waals surface area contributed by atoms with E-state index in [0.29, 0.717) is 31.4 Å². The van der Waals surface area contributed by atoms with Gasteiger partial charge in [0.1, 0.15) is 11.5 Å². The van der Waals surface area contributed by atoms with Crippen molar-refractivity contribution in [1.29, 1.82) is 0 Å². The van der Waals surface area contributed by atoms with Crippen molar-refractivity contribution < 1.29 is 14.3 Å². The van der Waals surface area contributed by atoms with Crippen LogP contribution in [0.3, 0.4) is 0 Å². The number of carbonyl (C=O) groups excluding carboxylic acids is 1. The van der Waals surface area contributed by atoms with Gasteiger partial charge in [0.2, 0.25) is 5.91 Å². The Morgan fingerprint density at radius 2 is 2.08 bits per heavy atom. The highest BCUT2D eigenvalue weighted by molar-refractivity contribution is 5.76. The molecule has 1 aliphatic heterocycles. The van der Waals surface area contributed by atoms with Crippen LogP contribution in [-0.2, 0) is 4.79 Å². The summed E-state index contributed by atoms with van der Waals surface area (Å²) >= 11 is 0. The molecule has 0 aliphatic carbocycles. The summed E-state index contributed by atoms with van der Waals surface area (Å²) in [6.07, 6.45) is 3.79. The molecule has 134 valence electrons. The minimum Gasteiger partial charge on any atom is -0.497 e. The average molecular weight is 334 g/mol. The van der Waals surface area contributed by atoms with Gasteiger partial charge in [-0.15, -0.1) is 0 Å². The number of amides is 1. The van der Waals surface area contributed by atoms with Gasteiger partial charge in [-0.25, -0.2) is 0 Å². The number of piperidine rings is 1. The van der Waals surface area contributed by atoms with Crippen LogP contribution in [0.4, 0.5) is 0 Å². The molecule has 1 saturated heterocycles. The third-order valence-corrected chi connectivity index (χ3v) is 4.65. The van der Waals surface area contributed by atoms with Gasteiger partial charge in [-0.1, -0.05) is 13.0 Å². The highest BCUT2D eigenvalue weighted by Crippen LogP contribution is 2.24. The first-order valence-corrected chi connectivity index (χ1v) is 8.93. The number of ether oxygens (including phenoxy) is 2. The Balaban J connectivity index is 1.57. The molecule has 1 aromatic rings. The maximum atomic E-state index is 12.0. The second kappa shape index (κ2) is 10.2. The van der Waals surface area contributed by atoms with E-state index in [1.165, 1.54) is 12.8 Å². The Bertz CT molecular complexity index is 501. The van der Waals surface area contributed by atoms with Crippen LogP contribution in [0, 0.1) is 11.8 Å². The summed E-state index contributed by atoms with van der Waals surface area (Å²) in [6.45, 7) is 5.59. The van der Waals surface area contributed by atoms with E-state index in [4.69, 9.17) is 9.47 Å². The minimum absolute atomic E-state index is 0.155. The molecule has 0 saturated carbocycles. The first-order valence-electron chi connectivity index (χ1n) is 8.93. The van der Waals surface area contributed by atoms with Gasteiger partial charge in [0.25, 0.3) is 0 Å². The molecule has 0 spiro atoms. The molecule has 1 aromatic carbocycles. The van der Waals surface area contributed by atoms with Crippen LogP contribution in [0.2, 0.25) is 0 Å². The molecule has 1 atom stereocenters. The standard InChI is InChI=1S/C19H30N2O3/c1-15(16-7-10-20-11-8-16)13-19(22)21-9-4-12-24-18-6-3-5-17(14-18)23-2/h3,5-6,14-16,20H,4,7-13H2,1-2H3,(H,21,22). The maximum Gasteiger partial charge on any atom is 0.220 e. The molecule has 2 N–H and O–H groups in total. The lowest BCUT2D eigenvalue weighted by Gasteiger charge is -2.27. The van der Waals surface area contributed by atoms with E-state index < -0.39 is 0 Å². The fraction of sp³-hybridized carbons (Fsp3) is 0.632. The monoisotopic (exact) mass is 334 g/mol. The number of rotatable bonds is 9. The Labute approximate surface area is 145 Å². The van der Waals surface area contributed by atoms with E-state index in [2.05, 4.69) is 17.6 Å². The average Bonchev–Trinajstić information content (AvgIpc) is 2.62. The van der Waals surface area contributed by atoms with E-state index in [0.717, 1.165) is 31.0 Å². The van der Waals surface area contributed by atoms with Crippen molar-refractivity contribution in [2.45, 2.75) is 32.6 Å². The zero-order chi connectivity index (χ0) is 17.2. The van der Waals surface area contributed by atoms with E-state index in [1.807, 2.05) is 24.3 Å². The molecule has 1 aliphatic rings. The van der Waals surface area contributed by atoms with Crippen LogP contribution in [-0.4, -0.2) is 39.3 Å². The molecule has 24 heavy (non-hydrogen) atoms.